The van der Waals surface area contributed by atoms with E-state index in [0.717, 1.165) is 30.1 Å². The standard InChI is InChI=1S/C18H19ClN2O2/c19-15-7-10-8(1-2-21-18(10)22)3-16(15)23-17-13-4-9(20)5-14(17)12-6-11(12)13/h1-3,7,9,11-14,17H,4-6,20H2,(H,21,22)/t9?,11?,12?,13-,14+,17?. The van der Waals surface area contributed by atoms with Gasteiger partial charge in [0.05, 0.1) is 5.02 Å². The van der Waals surface area contributed by atoms with E-state index in [1.807, 2.05) is 12.1 Å². The Kier molecular flexibility index (Phi) is 2.86. The van der Waals surface area contributed by atoms with Crippen LogP contribution in [0.2, 0.25) is 5.02 Å². The van der Waals surface area contributed by atoms with Gasteiger partial charge in [-0.1, -0.05) is 11.6 Å². The van der Waals surface area contributed by atoms with Crippen molar-refractivity contribution in [2.24, 2.45) is 29.4 Å². The fourth-order valence-corrected chi connectivity index (χ4v) is 5.25. The molecule has 1 aromatic heterocycles. The number of ether oxygens (including phenoxy) is 1. The van der Waals surface area contributed by atoms with Gasteiger partial charge in [0.15, 0.2) is 0 Å². The molecule has 0 saturated heterocycles. The first-order valence-electron chi connectivity index (χ1n) is 8.35. The van der Waals surface area contributed by atoms with E-state index in [-0.39, 0.29) is 11.7 Å². The molecule has 23 heavy (non-hydrogen) atoms. The summed E-state index contributed by atoms with van der Waals surface area (Å²) in [4.78, 5) is 14.5. The maximum atomic E-state index is 11.9. The molecular formula is C18H19ClN2O2. The molecule has 1 heterocycles. The van der Waals surface area contributed by atoms with E-state index in [2.05, 4.69) is 4.98 Å². The van der Waals surface area contributed by atoms with Crippen molar-refractivity contribution in [1.29, 1.82) is 0 Å². The zero-order chi connectivity index (χ0) is 15.7. The van der Waals surface area contributed by atoms with Crippen molar-refractivity contribution in [2.45, 2.75) is 31.4 Å². The Bertz CT molecular complexity index is 831. The quantitative estimate of drug-likeness (QED) is 0.889. The zero-order valence-corrected chi connectivity index (χ0v) is 13.4. The average Bonchev–Trinajstić information content (AvgIpc) is 3.27. The van der Waals surface area contributed by atoms with Crippen LogP contribution in [-0.4, -0.2) is 17.1 Å². The molecule has 5 rings (SSSR count). The lowest BCUT2D eigenvalue weighted by Gasteiger charge is -2.36. The highest BCUT2D eigenvalue weighted by molar-refractivity contribution is 6.32. The zero-order valence-electron chi connectivity index (χ0n) is 12.7. The minimum atomic E-state index is -0.124. The van der Waals surface area contributed by atoms with Gasteiger partial charge < -0.3 is 15.5 Å². The van der Waals surface area contributed by atoms with Crippen molar-refractivity contribution in [3.8, 4) is 5.75 Å². The highest BCUT2D eigenvalue weighted by Gasteiger charge is 2.63. The van der Waals surface area contributed by atoms with E-state index in [9.17, 15) is 4.79 Å². The first-order chi connectivity index (χ1) is 11.1. The number of aromatic nitrogens is 1. The number of hydrogen-bond donors (Lipinski definition) is 2. The van der Waals surface area contributed by atoms with Crippen molar-refractivity contribution in [1.82, 2.24) is 4.98 Å². The monoisotopic (exact) mass is 330 g/mol. The Morgan fingerprint density at radius 2 is 1.87 bits per heavy atom. The number of pyridine rings is 1. The van der Waals surface area contributed by atoms with Gasteiger partial charge in [-0.25, -0.2) is 0 Å². The predicted octanol–water partition coefficient (Wildman–Crippen LogP) is 2.93. The third kappa shape index (κ3) is 2.05. The van der Waals surface area contributed by atoms with E-state index < -0.39 is 0 Å². The fourth-order valence-electron chi connectivity index (χ4n) is 5.04. The van der Waals surface area contributed by atoms with E-state index in [1.165, 1.54) is 6.42 Å². The molecule has 4 nitrogen and oxygen atoms in total. The van der Waals surface area contributed by atoms with E-state index in [4.69, 9.17) is 22.1 Å². The van der Waals surface area contributed by atoms with E-state index in [1.54, 1.807) is 12.3 Å². The molecule has 2 bridgehead atoms. The van der Waals surface area contributed by atoms with Gasteiger partial charge in [0.1, 0.15) is 11.9 Å². The number of rotatable bonds is 2. The number of nitrogens with one attached hydrogen (secondary N) is 1. The molecule has 2 aromatic rings. The van der Waals surface area contributed by atoms with Crippen LogP contribution >= 0.6 is 11.6 Å². The molecule has 3 fully saturated rings. The van der Waals surface area contributed by atoms with Gasteiger partial charge in [-0.15, -0.1) is 0 Å². The summed E-state index contributed by atoms with van der Waals surface area (Å²) >= 11 is 6.38. The van der Waals surface area contributed by atoms with Gasteiger partial charge in [-0.05, 0) is 54.7 Å². The van der Waals surface area contributed by atoms with Gasteiger partial charge in [0, 0.05) is 29.5 Å². The molecule has 1 aromatic carbocycles. The Hall–Kier alpha value is -1.52. The second-order valence-electron chi connectivity index (χ2n) is 7.38. The second-order valence-corrected chi connectivity index (χ2v) is 7.79. The summed E-state index contributed by atoms with van der Waals surface area (Å²) in [5.74, 6) is 3.45. The molecule has 3 N–H and O–H groups in total. The lowest BCUT2D eigenvalue weighted by molar-refractivity contribution is 0.0520. The van der Waals surface area contributed by atoms with Gasteiger partial charge in [-0.3, -0.25) is 4.79 Å². The summed E-state index contributed by atoms with van der Waals surface area (Å²) in [5, 5.41) is 1.97. The number of benzene rings is 1. The first kappa shape index (κ1) is 13.9. The Morgan fingerprint density at radius 3 is 2.61 bits per heavy atom. The molecule has 0 spiro atoms. The van der Waals surface area contributed by atoms with E-state index >= 15 is 0 Å². The SMILES string of the molecule is NC1C[C@@H]2C3CC3[C@H](C1)C2Oc1cc2cc[nH]c(=O)c2cc1Cl. The molecule has 0 amide bonds. The fraction of sp³-hybridized carbons (Fsp3) is 0.500. The summed E-state index contributed by atoms with van der Waals surface area (Å²) in [5.41, 5.74) is 6.07. The van der Waals surface area contributed by atoms with Crippen molar-refractivity contribution in [3.05, 3.63) is 39.8 Å². The second kappa shape index (κ2) is 4.74. The number of aromatic amines is 1. The highest BCUT2D eigenvalue weighted by atomic mass is 35.5. The number of nitrogens with two attached hydrogens (primary N) is 1. The van der Waals surface area contributed by atoms with E-state index in [0.29, 0.717) is 34.0 Å². The van der Waals surface area contributed by atoms with Gasteiger partial charge in [0.25, 0.3) is 5.56 Å². The average molecular weight is 331 g/mol. The maximum Gasteiger partial charge on any atom is 0.255 e. The number of hydrogen-bond acceptors (Lipinski definition) is 3. The van der Waals surface area contributed by atoms with Crippen LogP contribution in [0.1, 0.15) is 19.3 Å². The largest absolute Gasteiger partial charge is 0.488 e. The summed E-state index contributed by atoms with van der Waals surface area (Å²) < 4.78 is 6.37. The maximum absolute atomic E-state index is 11.9. The Labute approximate surface area is 139 Å². The van der Waals surface area contributed by atoms with Gasteiger partial charge in [0.2, 0.25) is 0 Å². The molecule has 0 radical (unpaired) electrons. The molecule has 3 aliphatic rings. The van der Waals surface area contributed by atoms with Gasteiger partial charge >= 0.3 is 0 Å². The van der Waals surface area contributed by atoms with Crippen molar-refractivity contribution >= 4 is 22.4 Å². The van der Waals surface area contributed by atoms with Crippen LogP contribution in [0, 0.1) is 23.7 Å². The van der Waals surface area contributed by atoms with Crippen LogP contribution in [-0.2, 0) is 0 Å². The summed E-state index contributed by atoms with van der Waals surface area (Å²) in [6, 6.07) is 5.81. The van der Waals surface area contributed by atoms with Gasteiger partial charge in [-0.2, -0.15) is 0 Å². The van der Waals surface area contributed by atoms with Crippen molar-refractivity contribution < 1.29 is 4.74 Å². The van der Waals surface area contributed by atoms with Crippen molar-refractivity contribution in [3.63, 3.8) is 0 Å². The van der Waals surface area contributed by atoms with Crippen LogP contribution < -0.4 is 16.0 Å². The van der Waals surface area contributed by atoms with Crippen molar-refractivity contribution in [2.75, 3.05) is 0 Å². The van der Waals surface area contributed by atoms with Crippen LogP contribution in [0.15, 0.2) is 29.2 Å². The lowest BCUT2D eigenvalue weighted by Crippen LogP contribution is -2.43. The first-order valence-corrected chi connectivity index (χ1v) is 8.73. The van der Waals surface area contributed by atoms with Crippen LogP contribution in [0.4, 0.5) is 0 Å². The molecule has 120 valence electrons. The molecule has 0 aliphatic heterocycles. The third-order valence-corrected chi connectivity index (χ3v) is 6.37. The van der Waals surface area contributed by atoms with Crippen LogP contribution in [0.3, 0.4) is 0 Å². The minimum absolute atomic E-state index is 0.124. The smallest absolute Gasteiger partial charge is 0.255 e. The molecule has 3 aliphatic carbocycles. The molecule has 6 atom stereocenters. The number of fused-ring (bicyclic) bond motifs is 6. The lowest BCUT2D eigenvalue weighted by atomic mass is 9.79. The number of H-pyrrole nitrogens is 1. The summed E-state index contributed by atoms with van der Waals surface area (Å²) in [7, 11) is 0. The minimum Gasteiger partial charge on any atom is -0.488 e. The molecule has 5 heteroatoms. The third-order valence-electron chi connectivity index (χ3n) is 6.07. The Morgan fingerprint density at radius 1 is 1.13 bits per heavy atom. The van der Waals surface area contributed by atoms with Crippen LogP contribution in [0.25, 0.3) is 10.8 Å². The highest BCUT2D eigenvalue weighted by Crippen LogP contribution is 2.64. The van der Waals surface area contributed by atoms with Crippen LogP contribution in [0.5, 0.6) is 5.75 Å². The molecule has 3 saturated carbocycles. The molecular weight excluding hydrogens is 312 g/mol. The normalized spacial score (nSPS) is 37.7. The Balaban J connectivity index is 1.50. The topological polar surface area (TPSA) is 68.1 Å². The molecule has 4 unspecified atom stereocenters. The summed E-state index contributed by atoms with van der Waals surface area (Å²) in [6.45, 7) is 0. The predicted molar refractivity (Wildman–Crippen MR) is 89.8 cm³/mol. The number of halogens is 1. The summed E-state index contributed by atoms with van der Waals surface area (Å²) in [6.07, 6.45) is 5.36.